The van der Waals surface area contributed by atoms with Gasteiger partial charge in [0.2, 0.25) is 0 Å². The van der Waals surface area contributed by atoms with Gasteiger partial charge in [-0.3, -0.25) is 5.10 Å². The zero-order valence-corrected chi connectivity index (χ0v) is 11.9. The van der Waals surface area contributed by atoms with Gasteiger partial charge in [-0.15, -0.1) is 0 Å². The van der Waals surface area contributed by atoms with Crippen molar-refractivity contribution in [3.63, 3.8) is 0 Å². The van der Waals surface area contributed by atoms with E-state index in [9.17, 15) is 0 Å². The van der Waals surface area contributed by atoms with Crippen LogP contribution in [0.5, 0.6) is 0 Å². The van der Waals surface area contributed by atoms with Crippen molar-refractivity contribution >= 4 is 16.6 Å². The molecule has 102 valence electrons. The third-order valence-corrected chi connectivity index (χ3v) is 3.67. The van der Waals surface area contributed by atoms with Gasteiger partial charge in [-0.25, -0.2) is 0 Å². The second-order valence-corrected chi connectivity index (χ2v) is 5.19. The predicted octanol–water partition coefficient (Wildman–Crippen LogP) is 4.43. The highest BCUT2D eigenvalue weighted by Gasteiger charge is 2.09. The smallest absolute Gasteiger partial charge is 0.0651 e. The van der Waals surface area contributed by atoms with Crippen LogP contribution in [0.15, 0.2) is 48.7 Å². The van der Waals surface area contributed by atoms with Gasteiger partial charge >= 0.3 is 0 Å². The summed E-state index contributed by atoms with van der Waals surface area (Å²) in [5, 5.41) is 11.8. The van der Waals surface area contributed by atoms with Gasteiger partial charge in [-0.05, 0) is 37.1 Å². The van der Waals surface area contributed by atoms with E-state index in [4.69, 9.17) is 0 Å². The first-order valence-electron chi connectivity index (χ1n) is 7.02. The van der Waals surface area contributed by atoms with Gasteiger partial charge in [0.05, 0.1) is 17.8 Å². The van der Waals surface area contributed by atoms with Crippen LogP contribution >= 0.6 is 0 Å². The predicted molar refractivity (Wildman–Crippen MR) is 83.9 cm³/mol. The van der Waals surface area contributed by atoms with Gasteiger partial charge in [0.25, 0.3) is 0 Å². The maximum Gasteiger partial charge on any atom is 0.0651 e. The van der Waals surface area contributed by atoms with Gasteiger partial charge in [0.15, 0.2) is 0 Å². The van der Waals surface area contributed by atoms with Crippen LogP contribution in [0.4, 0.5) is 5.69 Å². The Hall–Kier alpha value is -2.29. The lowest BCUT2D eigenvalue weighted by Crippen LogP contribution is -2.09. The normalized spacial score (nSPS) is 12.5. The number of hydrogen-bond donors (Lipinski definition) is 2. The highest BCUT2D eigenvalue weighted by Crippen LogP contribution is 2.25. The number of nitrogens with zero attached hydrogens (tertiary/aromatic N) is 1. The lowest BCUT2D eigenvalue weighted by Gasteiger charge is -2.19. The van der Waals surface area contributed by atoms with Crippen LogP contribution in [0.1, 0.15) is 30.5 Å². The molecule has 3 aromatic rings. The molecule has 1 atom stereocenters. The topological polar surface area (TPSA) is 40.7 Å². The molecular weight excluding hydrogens is 246 g/mol. The van der Waals surface area contributed by atoms with Crippen molar-refractivity contribution in [2.24, 2.45) is 0 Å². The molecule has 0 bridgehead atoms. The number of rotatable bonds is 4. The Morgan fingerprint density at radius 1 is 1.15 bits per heavy atom. The fourth-order valence-electron chi connectivity index (χ4n) is 2.45. The lowest BCUT2D eigenvalue weighted by atomic mass is 10.0. The summed E-state index contributed by atoms with van der Waals surface area (Å²) in [7, 11) is 0. The first kappa shape index (κ1) is 12.7. The summed E-state index contributed by atoms with van der Waals surface area (Å²) in [6.45, 7) is 4.32. The Bertz CT molecular complexity index is 698. The molecule has 0 amide bonds. The minimum Gasteiger partial charge on any atom is -0.378 e. The number of hydrogen-bond acceptors (Lipinski definition) is 2. The zero-order valence-electron chi connectivity index (χ0n) is 11.9. The van der Waals surface area contributed by atoms with E-state index < -0.39 is 0 Å². The number of fused-ring (bicyclic) bond motifs is 1. The molecule has 0 saturated heterocycles. The molecule has 0 fully saturated rings. The Labute approximate surface area is 119 Å². The van der Waals surface area contributed by atoms with Gasteiger partial charge in [0.1, 0.15) is 0 Å². The van der Waals surface area contributed by atoms with Crippen LogP contribution in [0.2, 0.25) is 0 Å². The summed E-state index contributed by atoms with van der Waals surface area (Å²) in [6.07, 6.45) is 2.90. The average molecular weight is 265 g/mol. The molecule has 3 heteroatoms. The molecule has 0 spiro atoms. The van der Waals surface area contributed by atoms with Gasteiger partial charge in [0, 0.05) is 11.1 Å². The monoisotopic (exact) mass is 265 g/mol. The number of benzene rings is 2. The van der Waals surface area contributed by atoms with Crippen LogP contribution in [0.3, 0.4) is 0 Å². The van der Waals surface area contributed by atoms with E-state index in [0.29, 0.717) is 6.04 Å². The van der Waals surface area contributed by atoms with Crippen molar-refractivity contribution in [3.8, 4) is 0 Å². The van der Waals surface area contributed by atoms with Crippen molar-refractivity contribution in [1.82, 2.24) is 10.2 Å². The van der Waals surface area contributed by atoms with Gasteiger partial charge in [-0.1, -0.05) is 36.8 Å². The van der Waals surface area contributed by atoms with Crippen molar-refractivity contribution in [2.75, 3.05) is 5.32 Å². The van der Waals surface area contributed by atoms with E-state index in [2.05, 4.69) is 71.8 Å². The Balaban J connectivity index is 1.84. The zero-order chi connectivity index (χ0) is 13.9. The summed E-state index contributed by atoms with van der Waals surface area (Å²) >= 11 is 0. The standard InChI is InChI=1S/C17H19N3/c1-3-16(13-6-4-12(2)5-7-13)19-15-8-9-17-14(10-15)11-18-20-17/h4-11,16,19H,3H2,1-2H3,(H,18,20). The van der Waals surface area contributed by atoms with Crippen LogP contribution in [-0.4, -0.2) is 10.2 Å². The largest absolute Gasteiger partial charge is 0.378 e. The van der Waals surface area contributed by atoms with E-state index >= 15 is 0 Å². The maximum atomic E-state index is 4.06. The maximum absolute atomic E-state index is 4.06. The van der Waals surface area contributed by atoms with Crippen molar-refractivity contribution in [3.05, 3.63) is 59.8 Å². The summed E-state index contributed by atoms with van der Waals surface area (Å²) in [6, 6.07) is 15.4. The lowest BCUT2D eigenvalue weighted by molar-refractivity contribution is 0.749. The van der Waals surface area contributed by atoms with E-state index in [0.717, 1.165) is 23.0 Å². The highest BCUT2D eigenvalue weighted by atomic mass is 15.1. The van der Waals surface area contributed by atoms with Gasteiger partial charge in [-0.2, -0.15) is 5.10 Å². The minimum atomic E-state index is 0.333. The minimum absolute atomic E-state index is 0.333. The summed E-state index contributed by atoms with van der Waals surface area (Å²) in [5.41, 5.74) is 4.82. The third-order valence-electron chi connectivity index (χ3n) is 3.67. The molecule has 0 saturated carbocycles. The van der Waals surface area contributed by atoms with Crippen LogP contribution in [0, 0.1) is 6.92 Å². The van der Waals surface area contributed by atoms with Gasteiger partial charge < -0.3 is 5.32 Å². The SMILES string of the molecule is CCC(Nc1ccc2[nH]ncc2c1)c1ccc(C)cc1. The molecule has 0 aliphatic heterocycles. The van der Waals surface area contributed by atoms with Crippen molar-refractivity contribution in [1.29, 1.82) is 0 Å². The fraction of sp³-hybridized carbons (Fsp3) is 0.235. The number of aryl methyl sites for hydroxylation is 1. The number of nitrogens with one attached hydrogen (secondary N) is 2. The summed E-state index contributed by atoms with van der Waals surface area (Å²) < 4.78 is 0. The first-order chi connectivity index (χ1) is 9.76. The van der Waals surface area contributed by atoms with Crippen LogP contribution in [-0.2, 0) is 0 Å². The van der Waals surface area contributed by atoms with Crippen molar-refractivity contribution < 1.29 is 0 Å². The molecule has 1 aromatic heterocycles. The van der Waals surface area contributed by atoms with E-state index in [-0.39, 0.29) is 0 Å². The molecule has 2 aromatic carbocycles. The second kappa shape index (κ2) is 5.37. The molecule has 3 nitrogen and oxygen atoms in total. The molecule has 0 aliphatic carbocycles. The summed E-state index contributed by atoms with van der Waals surface area (Å²) in [5.74, 6) is 0. The molecule has 1 unspecified atom stereocenters. The van der Waals surface area contributed by atoms with Crippen LogP contribution in [0.25, 0.3) is 10.9 Å². The van der Waals surface area contributed by atoms with E-state index in [1.165, 1.54) is 11.1 Å². The highest BCUT2D eigenvalue weighted by molar-refractivity contribution is 5.81. The number of aromatic nitrogens is 2. The summed E-state index contributed by atoms with van der Waals surface area (Å²) in [4.78, 5) is 0. The van der Waals surface area contributed by atoms with Crippen molar-refractivity contribution in [2.45, 2.75) is 26.3 Å². The fourth-order valence-corrected chi connectivity index (χ4v) is 2.45. The van der Waals surface area contributed by atoms with E-state index in [1.807, 2.05) is 6.20 Å². The molecular formula is C17H19N3. The quantitative estimate of drug-likeness (QED) is 0.732. The number of aromatic amines is 1. The molecule has 2 N–H and O–H groups in total. The molecule has 0 radical (unpaired) electrons. The molecule has 20 heavy (non-hydrogen) atoms. The second-order valence-electron chi connectivity index (χ2n) is 5.19. The van der Waals surface area contributed by atoms with Crippen LogP contribution < -0.4 is 5.32 Å². The number of H-pyrrole nitrogens is 1. The third kappa shape index (κ3) is 2.52. The Kier molecular flexibility index (Phi) is 3.42. The van der Waals surface area contributed by atoms with E-state index in [1.54, 1.807) is 0 Å². The molecule has 1 heterocycles. The average Bonchev–Trinajstić information content (AvgIpc) is 2.93. The Morgan fingerprint density at radius 2 is 1.95 bits per heavy atom. The molecule has 3 rings (SSSR count). The number of anilines is 1. The molecule has 0 aliphatic rings. The first-order valence-corrected chi connectivity index (χ1v) is 7.02. The Morgan fingerprint density at radius 3 is 2.70 bits per heavy atom.